The molecule has 284 valence electrons. The molecule has 0 amide bonds. The maximum absolute atomic E-state index is 10.1. The van der Waals surface area contributed by atoms with Gasteiger partial charge >= 0.3 is 6.71 Å². The highest BCUT2D eigenvalue weighted by Gasteiger charge is 2.50. The van der Waals surface area contributed by atoms with Crippen LogP contribution in [0.3, 0.4) is 0 Å². The van der Waals surface area contributed by atoms with Crippen molar-refractivity contribution in [3.63, 3.8) is 0 Å². The van der Waals surface area contributed by atoms with Crippen LogP contribution < -0.4 is 26.6 Å². The molecule has 0 atom stereocenters. The van der Waals surface area contributed by atoms with Crippen molar-refractivity contribution in [1.29, 1.82) is 0 Å². The fourth-order valence-corrected chi connectivity index (χ4v) is 7.32. The van der Waals surface area contributed by atoms with Crippen LogP contribution in [0.25, 0.3) is 21.9 Å². The normalized spacial score (nSPS) is 18.4. The molecule has 0 radical (unpaired) electrons. The van der Waals surface area contributed by atoms with Crippen molar-refractivity contribution in [2.75, 3.05) is 9.80 Å². The Morgan fingerprint density at radius 2 is 0.804 bits per heavy atom. The maximum Gasteiger partial charge on any atom is 0.342 e. The minimum Gasteiger partial charge on any atom is -0.468 e. The van der Waals surface area contributed by atoms with Gasteiger partial charge in [0.25, 0.3) is 0 Å². The summed E-state index contributed by atoms with van der Waals surface area (Å²) in [5.41, 5.74) is -5.16. The standard InChI is InChI=1S/C51H55BN2O2/c1-30-26-39-43-40(27-30)54(36-22-16-32(17-23-36)49(5,6)7)45-38-29-34(51(11,12)13)19-25-42(38)56-47(45)52(43)46-44(37-28-33(50(8,9)10)18-24-41(37)55-46)53(39)35-20-14-31(15-21-35)48(2,3)4/h14-29H,1-13H3/i14D,15D,16D,17D,18D,19D,20D,21D,22D,23D,24D,25D,26D,27D,28D,29D. The number of hydrogen-bond donors (Lipinski definition) is 0. The molecule has 0 fully saturated rings. The van der Waals surface area contributed by atoms with Gasteiger partial charge < -0.3 is 18.6 Å². The number of benzene rings is 5. The van der Waals surface area contributed by atoms with Crippen LogP contribution in [0, 0.1) is 6.92 Å². The topological polar surface area (TPSA) is 32.8 Å². The minimum absolute atomic E-state index is 0.0136. The average molecular weight is 755 g/mol. The van der Waals surface area contributed by atoms with Crippen LogP contribution in [0.1, 0.15) is 133 Å². The van der Waals surface area contributed by atoms with E-state index in [-0.39, 0.29) is 137 Å². The van der Waals surface area contributed by atoms with Gasteiger partial charge in [0.2, 0.25) is 0 Å². The zero-order valence-corrected chi connectivity index (χ0v) is 34.3. The van der Waals surface area contributed by atoms with Crippen molar-refractivity contribution in [3.8, 4) is 0 Å². The summed E-state index contributed by atoms with van der Waals surface area (Å²) in [6.45, 7) is 21.3. The number of hydrogen-bond acceptors (Lipinski definition) is 4. The molecular formula is C51H55BN2O2. The van der Waals surface area contributed by atoms with Gasteiger partial charge in [-0.05, 0) is 122 Å². The van der Waals surface area contributed by atoms with Crippen molar-refractivity contribution in [3.05, 3.63) is 124 Å². The molecule has 0 saturated carbocycles. The van der Waals surface area contributed by atoms with Crippen LogP contribution in [0.5, 0.6) is 0 Å². The molecule has 2 aliphatic heterocycles. The van der Waals surface area contributed by atoms with Gasteiger partial charge in [0.1, 0.15) is 22.5 Å². The van der Waals surface area contributed by atoms with Gasteiger partial charge in [0, 0.05) is 33.5 Å². The molecule has 0 saturated heterocycles. The Morgan fingerprint density at radius 1 is 0.464 bits per heavy atom. The molecule has 0 aliphatic carbocycles. The third kappa shape index (κ3) is 5.64. The molecule has 0 N–H and O–H groups in total. The Hall–Kier alpha value is -5.16. The van der Waals surface area contributed by atoms with Crippen LogP contribution in [0.2, 0.25) is 0 Å². The second kappa shape index (κ2) is 11.9. The molecule has 2 aliphatic rings. The first-order chi connectivity index (χ1) is 32.9. The highest BCUT2D eigenvalue weighted by atomic mass is 16.3. The van der Waals surface area contributed by atoms with Gasteiger partial charge in [-0.1, -0.05) is 119 Å². The summed E-state index contributed by atoms with van der Waals surface area (Å²) in [5, 5.41) is -0.120. The van der Waals surface area contributed by atoms with E-state index in [1.54, 1.807) is 83.1 Å². The maximum atomic E-state index is 10.1. The van der Waals surface area contributed by atoms with Crippen molar-refractivity contribution < 1.29 is 30.8 Å². The number of nitrogens with zero attached hydrogens (tertiary/aromatic N) is 2. The predicted octanol–water partition coefficient (Wildman–Crippen LogP) is 12.8. The van der Waals surface area contributed by atoms with Crippen LogP contribution in [-0.2, 0) is 21.7 Å². The number of rotatable bonds is 2. The summed E-state index contributed by atoms with van der Waals surface area (Å²) in [7, 11) is 0. The molecule has 7 aromatic rings. The first-order valence-electron chi connectivity index (χ1n) is 27.0. The Bertz CT molecular complexity index is 3340. The summed E-state index contributed by atoms with van der Waals surface area (Å²) in [5.74, 6) is 0. The van der Waals surface area contributed by atoms with E-state index in [1.807, 2.05) is 0 Å². The second-order valence-electron chi connectivity index (χ2n) is 19.1. The zero-order chi connectivity index (χ0) is 53.8. The lowest BCUT2D eigenvalue weighted by atomic mass is 9.37. The lowest BCUT2D eigenvalue weighted by Gasteiger charge is -2.41. The predicted molar refractivity (Wildman–Crippen MR) is 240 cm³/mol. The molecule has 5 aromatic carbocycles. The van der Waals surface area contributed by atoms with Gasteiger partial charge in [0.15, 0.2) is 0 Å². The summed E-state index contributed by atoms with van der Waals surface area (Å²) in [4.78, 5) is 2.59. The Labute approximate surface area is 356 Å². The summed E-state index contributed by atoms with van der Waals surface area (Å²) in [6, 6.07) is -6.35. The largest absolute Gasteiger partial charge is 0.468 e. The Morgan fingerprint density at radius 3 is 1.14 bits per heavy atom. The highest BCUT2D eigenvalue weighted by Crippen LogP contribution is 2.50. The molecule has 0 bridgehead atoms. The van der Waals surface area contributed by atoms with Gasteiger partial charge in [0.05, 0.1) is 33.3 Å². The van der Waals surface area contributed by atoms with Gasteiger partial charge in [-0.25, -0.2) is 0 Å². The van der Waals surface area contributed by atoms with Crippen molar-refractivity contribution in [1.82, 2.24) is 0 Å². The van der Waals surface area contributed by atoms with Crippen LogP contribution in [-0.4, -0.2) is 6.71 Å². The Kier molecular flexibility index (Phi) is 4.80. The van der Waals surface area contributed by atoms with E-state index in [0.29, 0.717) is 0 Å². The van der Waals surface area contributed by atoms with Crippen LogP contribution in [0.15, 0.2) is 106 Å². The Balaban J connectivity index is 1.62. The third-order valence-corrected chi connectivity index (χ3v) is 10.4. The van der Waals surface area contributed by atoms with Crippen molar-refractivity contribution in [2.24, 2.45) is 0 Å². The fraction of sp³-hybridized carbons (Fsp3) is 0.333. The molecule has 2 aromatic heterocycles. The van der Waals surface area contributed by atoms with E-state index in [4.69, 9.17) is 8.83 Å². The van der Waals surface area contributed by atoms with E-state index in [2.05, 4.69) is 0 Å². The lowest BCUT2D eigenvalue weighted by Crippen LogP contribution is -2.60. The molecule has 56 heavy (non-hydrogen) atoms. The zero-order valence-electron chi connectivity index (χ0n) is 50.3. The van der Waals surface area contributed by atoms with Gasteiger partial charge in [-0.2, -0.15) is 0 Å². The summed E-state index contributed by atoms with van der Waals surface area (Å²) < 4.78 is 168. The smallest absolute Gasteiger partial charge is 0.342 e. The summed E-state index contributed by atoms with van der Waals surface area (Å²) >= 11 is 0. The number of furan rings is 2. The molecule has 0 unspecified atom stereocenters. The van der Waals surface area contributed by atoms with E-state index in [9.17, 15) is 21.9 Å². The first kappa shape index (κ1) is 22.6. The molecular weight excluding hydrogens is 683 g/mol. The quantitative estimate of drug-likeness (QED) is 0.165. The summed E-state index contributed by atoms with van der Waals surface area (Å²) in [6.07, 6.45) is 0. The van der Waals surface area contributed by atoms with Crippen molar-refractivity contribution in [2.45, 2.75) is 112 Å². The number of fused-ring (bicyclic) bond motifs is 8. The van der Waals surface area contributed by atoms with E-state index in [0.717, 1.165) is 0 Å². The van der Waals surface area contributed by atoms with Crippen molar-refractivity contribution >= 4 is 79.6 Å². The second-order valence-corrected chi connectivity index (χ2v) is 19.1. The van der Waals surface area contributed by atoms with E-state index < -0.39 is 88.8 Å². The average Bonchev–Trinajstić information content (AvgIpc) is 3.84. The molecule has 4 nitrogen and oxygen atoms in total. The minimum atomic E-state index is -1.45. The van der Waals surface area contributed by atoms with Crippen LogP contribution in [0.4, 0.5) is 34.1 Å². The molecule has 0 spiro atoms. The number of anilines is 6. The first-order valence-corrected chi connectivity index (χ1v) is 19.0. The molecule has 9 rings (SSSR count). The highest BCUT2D eigenvalue weighted by molar-refractivity contribution is 6.99. The monoisotopic (exact) mass is 755 g/mol. The molecule has 4 heterocycles. The van der Waals surface area contributed by atoms with Gasteiger partial charge in [-0.15, -0.1) is 0 Å². The molecule has 5 heteroatoms. The van der Waals surface area contributed by atoms with E-state index in [1.165, 1.54) is 16.7 Å². The lowest BCUT2D eigenvalue weighted by molar-refractivity contribution is 0.590. The third-order valence-electron chi connectivity index (χ3n) is 10.4. The SMILES string of the molecule is [2H]c1c([2H])c(C(C)(C)C)c([2H])c([2H])c1N1c2c([2H])c(C)c([2H])c3c2B(c2oc4c([2H])c([2H])c(C(C)(C)C)c([2H])c4c21)c1oc2c([2H])c([2H])c(C(C)(C)C)c([2H])c2c1N3c1c([2H])c([2H])c(C(C)(C)C)c([2H])c1[2H]. The van der Waals surface area contributed by atoms with E-state index >= 15 is 0 Å². The van der Waals surface area contributed by atoms with Gasteiger partial charge in [-0.3, -0.25) is 0 Å². The van der Waals surface area contributed by atoms with Crippen LogP contribution >= 0.6 is 0 Å². The fourth-order valence-electron chi connectivity index (χ4n) is 7.32.